The third-order valence-electron chi connectivity index (χ3n) is 3.03. The van der Waals surface area contributed by atoms with Crippen LogP contribution in [0.2, 0.25) is 0 Å². The Morgan fingerprint density at radius 3 is 2.45 bits per heavy atom. The van der Waals surface area contributed by atoms with Crippen molar-refractivity contribution in [2.75, 3.05) is 11.5 Å². The fourth-order valence-electron chi connectivity index (χ4n) is 2.00. The Morgan fingerprint density at radius 1 is 1.05 bits per heavy atom. The summed E-state index contributed by atoms with van der Waals surface area (Å²) in [6.45, 7) is 0. The Labute approximate surface area is 118 Å². The highest BCUT2D eigenvalue weighted by atomic mass is 32.2. The second-order valence-corrected chi connectivity index (χ2v) is 6.67. The van der Waals surface area contributed by atoms with Crippen LogP contribution in [-0.4, -0.2) is 14.2 Å². The van der Waals surface area contributed by atoms with Crippen LogP contribution in [0.3, 0.4) is 0 Å². The van der Waals surface area contributed by atoms with Crippen molar-refractivity contribution >= 4 is 15.5 Å². The molecule has 0 heterocycles. The van der Waals surface area contributed by atoms with Crippen LogP contribution >= 0.6 is 0 Å². The molecule has 0 radical (unpaired) electrons. The molecule has 20 heavy (non-hydrogen) atoms. The first-order chi connectivity index (χ1) is 9.49. The highest BCUT2D eigenvalue weighted by molar-refractivity contribution is 7.91. The van der Waals surface area contributed by atoms with Crippen LogP contribution in [0, 0.1) is 5.82 Å². The highest BCUT2D eigenvalue weighted by Gasteiger charge is 2.18. The molecule has 0 aromatic heterocycles. The van der Waals surface area contributed by atoms with Gasteiger partial charge in [-0.1, -0.05) is 30.3 Å². The van der Waals surface area contributed by atoms with Gasteiger partial charge in [0.1, 0.15) is 5.82 Å². The van der Waals surface area contributed by atoms with Crippen molar-refractivity contribution in [1.29, 1.82) is 0 Å². The molecule has 0 bridgehead atoms. The van der Waals surface area contributed by atoms with Crippen LogP contribution in [-0.2, 0) is 16.3 Å². The lowest BCUT2D eigenvalue weighted by atomic mass is 10.1. The van der Waals surface area contributed by atoms with Crippen molar-refractivity contribution in [2.45, 2.75) is 17.7 Å². The van der Waals surface area contributed by atoms with Gasteiger partial charge in [-0.05, 0) is 36.6 Å². The molecule has 3 nitrogen and oxygen atoms in total. The number of hydrogen-bond acceptors (Lipinski definition) is 3. The molecule has 0 saturated heterocycles. The molecule has 0 amide bonds. The molecule has 2 rings (SSSR count). The van der Waals surface area contributed by atoms with E-state index >= 15 is 0 Å². The minimum atomic E-state index is -3.55. The molecule has 0 fully saturated rings. The van der Waals surface area contributed by atoms with Crippen molar-refractivity contribution in [3.05, 3.63) is 59.9 Å². The minimum absolute atomic E-state index is 0.0461. The number of anilines is 1. The molecule has 2 aromatic carbocycles. The smallest absolute Gasteiger partial charge is 0.180 e. The van der Waals surface area contributed by atoms with Crippen LogP contribution in [0.1, 0.15) is 12.0 Å². The molecule has 0 spiro atoms. The number of nitrogen functional groups attached to an aromatic ring is 1. The zero-order valence-electron chi connectivity index (χ0n) is 10.9. The SMILES string of the molecule is Nc1ccc(F)cc1S(=O)(=O)CCCc1ccccc1. The molecule has 5 heteroatoms. The summed E-state index contributed by atoms with van der Waals surface area (Å²) in [6, 6.07) is 13.0. The second-order valence-electron chi connectivity index (χ2n) is 4.59. The van der Waals surface area contributed by atoms with E-state index in [2.05, 4.69) is 0 Å². The van der Waals surface area contributed by atoms with E-state index in [1.807, 2.05) is 30.3 Å². The quantitative estimate of drug-likeness (QED) is 0.862. The van der Waals surface area contributed by atoms with Crippen LogP contribution in [0.5, 0.6) is 0 Å². The van der Waals surface area contributed by atoms with Gasteiger partial charge in [0.25, 0.3) is 0 Å². The summed E-state index contributed by atoms with van der Waals surface area (Å²) in [5.74, 6) is -0.643. The van der Waals surface area contributed by atoms with Crippen molar-refractivity contribution in [3.8, 4) is 0 Å². The lowest BCUT2D eigenvalue weighted by Crippen LogP contribution is -2.10. The summed E-state index contributed by atoms with van der Waals surface area (Å²) in [6.07, 6.45) is 1.14. The number of rotatable bonds is 5. The molecular weight excluding hydrogens is 277 g/mol. The van der Waals surface area contributed by atoms with Gasteiger partial charge in [-0.2, -0.15) is 0 Å². The zero-order chi connectivity index (χ0) is 14.6. The Kier molecular flexibility index (Phi) is 4.39. The van der Waals surface area contributed by atoms with Gasteiger partial charge in [-0.15, -0.1) is 0 Å². The van der Waals surface area contributed by atoms with Crippen LogP contribution in [0.4, 0.5) is 10.1 Å². The van der Waals surface area contributed by atoms with Crippen LogP contribution < -0.4 is 5.73 Å². The van der Waals surface area contributed by atoms with E-state index in [1.165, 1.54) is 6.07 Å². The lowest BCUT2D eigenvalue weighted by Gasteiger charge is -2.07. The van der Waals surface area contributed by atoms with E-state index in [-0.39, 0.29) is 16.3 Å². The average molecular weight is 293 g/mol. The van der Waals surface area contributed by atoms with Gasteiger partial charge in [-0.3, -0.25) is 0 Å². The molecule has 106 valence electrons. The zero-order valence-corrected chi connectivity index (χ0v) is 11.7. The Morgan fingerprint density at radius 2 is 1.75 bits per heavy atom. The number of aryl methyl sites for hydroxylation is 1. The molecule has 0 saturated carbocycles. The topological polar surface area (TPSA) is 60.2 Å². The number of halogens is 1. The van der Waals surface area contributed by atoms with Gasteiger partial charge in [0, 0.05) is 0 Å². The highest BCUT2D eigenvalue weighted by Crippen LogP contribution is 2.21. The molecule has 0 aliphatic carbocycles. The van der Waals surface area contributed by atoms with Crippen molar-refractivity contribution in [3.63, 3.8) is 0 Å². The van der Waals surface area contributed by atoms with E-state index < -0.39 is 15.7 Å². The third-order valence-corrected chi connectivity index (χ3v) is 4.88. The van der Waals surface area contributed by atoms with E-state index in [0.717, 1.165) is 17.7 Å². The first-order valence-electron chi connectivity index (χ1n) is 6.31. The standard InChI is InChI=1S/C15H16FNO2S/c16-13-8-9-14(17)15(11-13)20(18,19)10-4-7-12-5-2-1-3-6-12/h1-3,5-6,8-9,11H,4,7,10,17H2. The summed E-state index contributed by atoms with van der Waals surface area (Å²) in [5.41, 5.74) is 6.78. The van der Waals surface area contributed by atoms with Crippen molar-refractivity contribution in [1.82, 2.24) is 0 Å². The van der Waals surface area contributed by atoms with Crippen molar-refractivity contribution < 1.29 is 12.8 Å². The minimum Gasteiger partial charge on any atom is -0.398 e. The fourth-order valence-corrected chi connectivity index (χ4v) is 3.46. The molecule has 0 aliphatic heterocycles. The first-order valence-corrected chi connectivity index (χ1v) is 7.96. The third kappa shape index (κ3) is 3.57. The number of nitrogens with two attached hydrogens (primary N) is 1. The predicted molar refractivity (Wildman–Crippen MR) is 77.6 cm³/mol. The van der Waals surface area contributed by atoms with Gasteiger partial charge in [0.15, 0.2) is 9.84 Å². The molecule has 2 aromatic rings. The van der Waals surface area contributed by atoms with Gasteiger partial charge in [0.2, 0.25) is 0 Å². The van der Waals surface area contributed by atoms with E-state index in [1.54, 1.807) is 0 Å². The average Bonchev–Trinajstić information content (AvgIpc) is 2.42. The van der Waals surface area contributed by atoms with E-state index in [0.29, 0.717) is 12.8 Å². The van der Waals surface area contributed by atoms with Gasteiger partial charge < -0.3 is 5.73 Å². The largest absolute Gasteiger partial charge is 0.398 e. The summed E-state index contributed by atoms with van der Waals surface area (Å²) < 4.78 is 37.4. The maximum atomic E-state index is 13.1. The van der Waals surface area contributed by atoms with E-state index in [4.69, 9.17) is 5.73 Å². The fraction of sp³-hybridized carbons (Fsp3) is 0.200. The van der Waals surface area contributed by atoms with Crippen molar-refractivity contribution in [2.24, 2.45) is 0 Å². The Balaban J connectivity index is 2.06. The summed E-state index contributed by atoms with van der Waals surface area (Å²) >= 11 is 0. The monoisotopic (exact) mass is 293 g/mol. The van der Waals surface area contributed by atoms with E-state index in [9.17, 15) is 12.8 Å². The first kappa shape index (κ1) is 14.5. The predicted octanol–water partition coefficient (Wildman–Crippen LogP) is 2.81. The number of sulfone groups is 1. The number of hydrogen-bond donors (Lipinski definition) is 1. The maximum Gasteiger partial charge on any atom is 0.180 e. The Bertz CT molecular complexity index is 684. The summed E-state index contributed by atoms with van der Waals surface area (Å²) in [5, 5.41) is 0. The normalized spacial score (nSPS) is 11.4. The second kappa shape index (κ2) is 6.05. The number of benzene rings is 2. The van der Waals surface area contributed by atoms with Gasteiger partial charge >= 0.3 is 0 Å². The molecule has 2 N–H and O–H groups in total. The molecule has 0 aliphatic rings. The van der Waals surface area contributed by atoms with Crippen LogP contribution in [0.15, 0.2) is 53.4 Å². The van der Waals surface area contributed by atoms with Crippen LogP contribution in [0.25, 0.3) is 0 Å². The van der Waals surface area contributed by atoms with Gasteiger partial charge in [-0.25, -0.2) is 12.8 Å². The lowest BCUT2D eigenvalue weighted by molar-refractivity contribution is 0.589. The molecule has 0 atom stereocenters. The molecular formula is C15H16FNO2S. The Hall–Kier alpha value is -1.88. The summed E-state index contributed by atoms with van der Waals surface area (Å²) in [7, 11) is -3.55. The van der Waals surface area contributed by atoms with Gasteiger partial charge in [0.05, 0.1) is 16.3 Å². The maximum absolute atomic E-state index is 13.1. The summed E-state index contributed by atoms with van der Waals surface area (Å²) in [4.78, 5) is -0.120. The molecule has 0 unspecified atom stereocenters.